The molecule has 0 spiro atoms. The Hall–Kier alpha value is -1.74. The molecule has 0 heterocycles. The van der Waals surface area contributed by atoms with E-state index in [1.807, 2.05) is 0 Å². The monoisotopic (exact) mass is 277 g/mol. The maximum absolute atomic E-state index is 12.7. The summed E-state index contributed by atoms with van der Waals surface area (Å²) in [6.45, 7) is 0. The van der Waals surface area contributed by atoms with E-state index in [-0.39, 0.29) is 17.0 Å². The molecule has 3 nitrogen and oxygen atoms in total. The summed E-state index contributed by atoms with van der Waals surface area (Å²) < 4.78 is 42.4. The summed E-state index contributed by atoms with van der Waals surface area (Å²) >= 11 is 5.59. The molecule has 0 bridgehead atoms. The second-order valence-corrected chi connectivity index (χ2v) is 3.77. The van der Waals surface area contributed by atoms with Gasteiger partial charge in [0.2, 0.25) is 0 Å². The molecule has 0 unspecified atom stereocenters. The number of nitriles is 1. The second-order valence-electron chi connectivity index (χ2n) is 3.36. The van der Waals surface area contributed by atoms with Crippen LogP contribution in [0.1, 0.15) is 16.7 Å². The SMILES string of the molecule is COC(=O)Cc1cc(Cl)c(C#N)c(C(F)(F)F)c1. The molecule has 0 aliphatic rings. The molecule has 0 atom stereocenters. The highest BCUT2D eigenvalue weighted by atomic mass is 35.5. The zero-order chi connectivity index (χ0) is 13.9. The van der Waals surface area contributed by atoms with Crippen molar-refractivity contribution in [1.82, 2.24) is 0 Å². The lowest BCUT2D eigenvalue weighted by atomic mass is 10.0. The fourth-order valence-corrected chi connectivity index (χ4v) is 1.63. The molecule has 0 saturated carbocycles. The van der Waals surface area contributed by atoms with Crippen LogP contribution in [-0.2, 0) is 22.1 Å². The molecule has 0 saturated heterocycles. The van der Waals surface area contributed by atoms with Crippen LogP contribution in [0.15, 0.2) is 12.1 Å². The number of ether oxygens (including phenoxy) is 1. The summed E-state index contributed by atoms with van der Waals surface area (Å²) in [5.41, 5.74) is -1.77. The molecule has 0 radical (unpaired) electrons. The number of methoxy groups -OCH3 is 1. The molecule has 0 fully saturated rings. The fourth-order valence-electron chi connectivity index (χ4n) is 1.34. The first kappa shape index (κ1) is 14.3. The minimum Gasteiger partial charge on any atom is -0.469 e. The van der Waals surface area contributed by atoms with Gasteiger partial charge in [0.15, 0.2) is 0 Å². The maximum atomic E-state index is 12.7. The van der Waals surface area contributed by atoms with Gasteiger partial charge in [-0.05, 0) is 17.7 Å². The van der Waals surface area contributed by atoms with Gasteiger partial charge in [0.25, 0.3) is 0 Å². The van der Waals surface area contributed by atoms with E-state index >= 15 is 0 Å². The van der Waals surface area contributed by atoms with Crippen LogP contribution in [0.3, 0.4) is 0 Å². The highest BCUT2D eigenvalue weighted by Gasteiger charge is 2.35. The van der Waals surface area contributed by atoms with Gasteiger partial charge in [0.1, 0.15) is 6.07 Å². The number of nitrogens with zero attached hydrogens (tertiary/aromatic N) is 1. The van der Waals surface area contributed by atoms with Crippen LogP contribution >= 0.6 is 11.6 Å². The molecule has 1 aromatic carbocycles. The van der Waals surface area contributed by atoms with Crippen molar-refractivity contribution in [2.45, 2.75) is 12.6 Å². The smallest absolute Gasteiger partial charge is 0.417 e. The number of benzene rings is 1. The van der Waals surface area contributed by atoms with Gasteiger partial charge in [-0.15, -0.1) is 0 Å². The maximum Gasteiger partial charge on any atom is 0.417 e. The average Bonchev–Trinajstić information content (AvgIpc) is 2.27. The minimum absolute atomic E-state index is 0.0400. The predicted octanol–water partition coefficient (Wildman–Crippen LogP) is 2.95. The van der Waals surface area contributed by atoms with E-state index in [1.54, 1.807) is 0 Å². The molecule has 0 amide bonds. The zero-order valence-corrected chi connectivity index (χ0v) is 9.89. The van der Waals surface area contributed by atoms with Crippen LogP contribution in [0.2, 0.25) is 5.02 Å². The van der Waals surface area contributed by atoms with Crippen molar-refractivity contribution in [2.75, 3.05) is 7.11 Å². The van der Waals surface area contributed by atoms with E-state index in [9.17, 15) is 18.0 Å². The van der Waals surface area contributed by atoms with Gasteiger partial charge in [-0.3, -0.25) is 4.79 Å². The summed E-state index contributed by atoms with van der Waals surface area (Å²) in [6.07, 6.45) is -5.05. The van der Waals surface area contributed by atoms with E-state index in [0.717, 1.165) is 19.2 Å². The lowest BCUT2D eigenvalue weighted by Crippen LogP contribution is -2.11. The number of alkyl halides is 3. The van der Waals surface area contributed by atoms with E-state index < -0.39 is 23.3 Å². The first-order chi connectivity index (χ1) is 8.29. The van der Waals surface area contributed by atoms with E-state index in [1.165, 1.54) is 6.07 Å². The van der Waals surface area contributed by atoms with E-state index in [0.29, 0.717) is 0 Å². The van der Waals surface area contributed by atoms with Crippen molar-refractivity contribution in [3.8, 4) is 6.07 Å². The third-order valence-corrected chi connectivity index (χ3v) is 2.44. The third kappa shape index (κ3) is 3.14. The second kappa shape index (κ2) is 5.27. The minimum atomic E-state index is -4.71. The summed E-state index contributed by atoms with van der Waals surface area (Å²) in [5, 5.41) is 8.31. The first-order valence-corrected chi connectivity index (χ1v) is 5.04. The van der Waals surface area contributed by atoms with Crippen molar-refractivity contribution in [3.05, 3.63) is 33.8 Å². The van der Waals surface area contributed by atoms with Crippen molar-refractivity contribution in [2.24, 2.45) is 0 Å². The number of hydrogen-bond donors (Lipinski definition) is 0. The Balaban J connectivity index is 3.32. The van der Waals surface area contributed by atoms with Gasteiger partial charge < -0.3 is 4.74 Å². The lowest BCUT2D eigenvalue weighted by molar-refractivity contribution is -0.140. The number of rotatable bonds is 2. The van der Waals surface area contributed by atoms with Gasteiger partial charge >= 0.3 is 12.1 Å². The van der Waals surface area contributed by atoms with E-state index in [4.69, 9.17) is 16.9 Å². The predicted molar refractivity (Wildman–Crippen MR) is 56.9 cm³/mol. The number of hydrogen-bond acceptors (Lipinski definition) is 3. The summed E-state index contributed by atoms with van der Waals surface area (Å²) in [7, 11) is 1.12. The normalized spacial score (nSPS) is 10.9. The molecule has 0 aliphatic heterocycles. The van der Waals surface area contributed by atoms with Crippen LogP contribution < -0.4 is 0 Å². The molecule has 18 heavy (non-hydrogen) atoms. The molecule has 1 rings (SSSR count). The molecule has 0 aliphatic carbocycles. The van der Waals surface area contributed by atoms with Crippen LogP contribution in [0, 0.1) is 11.3 Å². The van der Waals surface area contributed by atoms with Gasteiger partial charge in [0, 0.05) is 0 Å². The van der Waals surface area contributed by atoms with E-state index in [2.05, 4.69) is 4.74 Å². The Labute approximate surface area is 106 Å². The van der Waals surface area contributed by atoms with Crippen molar-refractivity contribution >= 4 is 17.6 Å². The quantitative estimate of drug-likeness (QED) is 0.781. The van der Waals surface area contributed by atoms with Crippen LogP contribution in [-0.4, -0.2) is 13.1 Å². The summed E-state index contributed by atoms with van der Waals surface area (Å²) in [6, 6.07) is 3.27. The van der Waals surface area contributed by atoms with Gasteiger partial charge in [-0.2, -0.15) is 18.4 Å². The molecule has 7 heteroatoms. The molecular formula is C11H7ClF3NO2. The molecule has 96 valence electrons. The fraction of sp³-hybridized carbons (Fsp3) is 0.273. The molecule has 0 N–H and O–H groups in total. The molecule has 1 aromatic rings. The van der Waals surface area contributed by atoms with Crippen LogP contribution in [0.5, 0.6) is 0 Å². The summed E-state index contributed by atoms with van der Waals surface area (Å²) in [5.74, 6) is -0.691. The van der Waals surface area contributed by atoms with Gasteiger partial charge in [0.05, 0.1) is 29.7 Å². The molecular weight excluding hydrogens is 271 g/mol. The average molecular weight is 278 g/mol. The largest absolute Gasteiger partial charge is 0.469 e. The Morgan fingerprint density at radius 3 is 2.56 bits per heavy atom. The molecule has 0 aromatic heterocycles. The Bertz CT molecular complexity index is 520. The Morgan fingerprint density at radius 2 is 2.11 bits per heavy atom. The Morgan fingerprint density at radius 1 is 1.50 bits per heavy atom. The van der Waals surface area contributed by atoms with Crippen molar-refractivity contribution in [1.29, 1.82) is 5.26 Å². The number of carbonyl (C=O) groups excluding carboxylic acids is 1. The van der Waals surface area contributed by atoms with Crippen LogP contribution in [0.25, 0.3) is 0 Å². The highest BCUT2D eigenvalue weighted by Crippen LogP contribution is 2.35. The van der Waals surface area contributed by atoms with Gasteiger partial charge in [-0.25, -0.2) is 0 Å². The highest BCUT2D eigenvalue weighted by molar-refractivity contribution is 6.32. The van der Waals surface area contributed by atoms with Crippen molar-refractivity contribution in [3.63, 3.8) is 0 Å². The van der Waals surface area contributed by atoms with Crippen LogP contribution in [0.4, 0.5) is 13.2 Å². The number of carbonyl (C=O) groups is 1. The number of esters is 1. The zero-order valence-electron chi connectivity index (χ0n) is 9.14. The van der Waals surface area contributed by atoms with Crippen molar-refractivity contribution < 1.29 is 22.7 Å². The third-order valence-electron chi connectivity index (χ3n) is 2.14. The lowest BCUT2D eigenvalue weighted by Gasteiger charge is -2.12. The first-order valence-electron chi connectivity index (χ1n) is 4.66. The standard InChI is InChI=1S/C11H7ClF3NO2/c1-18-10(17)4-6-2-8(11(13,14)15)7(5-16)9(12)3-6/h2-3H,4H2,1H3. The summed E-state index contributed by atoms with van der Waals surface area (Å²) in [4.78, 5) is 11.0. The Kier molecular flexibility index (Phi) is 4.19. The van der Waals surface area contributed by atoms with Gasteiger partial charge in [-0.1, -0.05) is 11.6 Å². The topological polar surface area (TPSA) is 50.1 Å². The number of halogens is 4.